The molecule has 110 valence electrons. The van der Waals surface area contributed by atoms with E-state index in [0.717, 1.165) is 11.8 Å². The normalized spacial score (nSPS) is 12.0. The molecule has 0 saturated carbocycles. The fourth-order valence-electron chi connectivity index (χ4n) is 1.98. The van der Waals surface area contributed by atoms with Gasteiger partial charge in [0.1, 0.15) is 0 Å². The summed E-state index contributed by atoms with van der Waals surface area (Å²) in [5.74, 6) is -0.809. The molecule has 0 saturated heterocycles. The predicted octanol–water partition coefficient (Wildman–Crippen LogP) is 2.22. The van der Waals surface area contributed by atoms with E-state index in [0.29, 0.717) is 11.7 Å². The monoisotopic (exact) mass is 304 g/mol. The summed E-state index contributed by atoms with van der Waals surface area (Å²) in [6.07, 6.45) is 1.67. The second-order valence-electron chi connectivity index (χ2n) is 4.69. The van der Waals surface area contributed by atoms with Crippen molar-refractivity contribution in [1.29, 1.82) is 0 Å². The molecule has 2 rings (SSSR count). The maximum atomic E-state index is 11.4. The van der Waals surface area contributed by atoms with Crippen LogP contribution in [0.1, 0.15) is 18.4 Å². The van der Waals surface area contributed by atoms with Gasteiger partial charge in [-0.1, -0.05) is 49.0 Å². The van der Waals surface area contributed by atoms with E-state index in [-0.39, 0.29) is 17.2 Å². The lowest BCUT2D eigenvalue weighted by Crippen LogP contribution is -2.16. The molecule has 0 aliphatic heterocycles. The minimum Gasteiger partial charge on any atom is -0.481 e. The Labute approximate surface area is 126 Å². The summed E-state index contributed by atoms with van der Waals surface area (Å²) in [6.45, 7) is 2.72. The lowest BCUT2D eigenvalue weighted by atomic mass is 10.0. The third kappa shape index (κ3) is 4.46. The summed E-state index contributed by atoms with van der Waals surface area (Å²) >= 11 is 1.06. The molecule has 1 aromatic heterocycles. The Morgan fingerprint density at radius 3 is 2.71 bits per heavy atom. The van der Waals surface area contributed by atoms with Crippen LogP contribution in [0.4, 0.5) is 0 Å². The number of carboxylic acid groups (broad SMARTS) is 1. The first-order valence-corrected chi connectivity index (χ1v) is 7.52. The van der Waals surface area contributed by atoms with Gasteiger partial charge in [-0.15, -0.1) is 0 Å². The van der Waals surface area contributed by atoms with Crippen LogP contribution in [0.15, 0.2) is 52.5 Å². The molecule has 0 fully saturated rings. The van der Waals surface area contributed by atoms with E-state index in [1.807, 2.05) is 34.9 Å². The molecular weight excluding hydrogens is 288 g/mol. The zero-order valence-corrected chi connectivity index (χ0v) is 12.4. The van der Waals surface area contributed by atoms with E-state index in [1.165, 1.54) is 11.6 Å². The molecule has 0 bridgehead atoms. The van der Waals surface area contributed by atoms with Crippen molar-refractivity contribution < 1.29 is 9.90 Å². The highest BCUT2D eigenvalue weighted by Gasteiger charge is 2.11. The van der Waals surface area contributed by atoms with Gasteiger partial charge in [-0.3, -0.25) is 9.59 Å². The van der Waals surface area contributed by atoms with Gasteiger partial charge < -0.3 is 9.67 Å². The minimum atomic E-state index is -0.930. The number of hydrogen-bond acceptors (Lipinski definition) is 4. The molecule has 1 N–H and O–H groups in total. The van der Waals surface area contributed by atoms with Crippen LogP contribution in [0.25, 0.3) is 0 Å². The van der Waals surface area contributed by atoms with Gasteiger partial charge in [0.15, 0.2) is 5.16 Å². The third-order valence-corrected chi connectivity index (χ3v) is 3.99. The smallest absolute Gasteiger partial charge is 0.313 e. The van der Waals surface area contributed by atoms with Crippen LogP contribution in [0.2, 0.25) is 0 Å². The molecule has 0 spiro atoms. The van der Waals surface area contributed by atoms with Crippen molar-refractivity contribution in [3.8, 4) is 0 Å². The van der Waals surface area contributed by atoms with E-state index in [4.69, 9.17) is 5.11 Å². The van der Waals surface area contributed by atoms with Gasteiger partial charge >= 0.3 is 5.97 Å². The highest BCUT2D eigenvalue weighted by atomic mass is 32.2. The Morgan fingerprint density at radius 1 is 1.33 bits per heavy atom. The van der Waals surface area contributed by atoms with Crippen molar-refractivity contribution in [3.63, 3.8) is 0 Å². The van der Waals surface area contributed by atoms with Crippen molar-refractivity contribution in [2.45, 2.75) is 24.5 Å². The molecule has 0 aliphatic carbocycles. The molecule has 0 radical (unpaired) electrons. The molecule has 1 heterocycles. The number of carbonyl (C=O) groups is 1. The average molecular weight is 304 g/mol. The summed E-state index contributed by atoms with van der Waals surface area (Å²) in [4.78, 5) is 25.9. The summed E-state index contributed by atoms with van der Waals surface area (Å²) in [7, 11) is 0. The Morgan fingerprint density at radius 2 is 2.05 bits per heavy atom. The number of hydrogen-bond donors (Lipinski definition) is 1. The van der Waals surface area contributed by atoms with Gasteiger partial charge in [-0.25, -0.2) is 0 Å². The number of rotatable bonds is 6. The largest absolute Gasteiger partial charge is 0.481 e. The lowest BCUT2D eigenvalue weighted by molar-refractivity contribution is -0.133. The van der Waals surface area contributed by atoms with E-state index < -0.39 is 5.97 Å². The van der Waals surface area contributed by atoms with Gasteiger partial charge in [0.25, 0.3) is 5.56 Å². The fraction of sp³-hybridized carbons (Fsp3) is 0.267. The fourth-order valence-corrected chi connectivity index (χ4v) is 2.68. The Bertz CT molecular complexity index is 670. The lowest BCUT2D eigenvalue weighted by Gasteiger charge is -2.16. The second kappa shape index (κ2) is 7.08. The van der Waals surface area contributed by atoms with Crippen LogP contribution < -0.4 is 5.56 Å². The molecule has 1 atom stereocenters. The van der Waals surface area contributed by atoms with Crippen molar-refractivity contribution in [3.05, 3.63) is 58.5 Å². The molecule has 0 aliphatic rings. The molecule has 21 heavy (non-hydrogen) atoms. The quantitative estimate of drug-likeness (QED) is 0.654. The summed E-state index contributed by atoms with van der Waals surface area (Å²) < 4.78 is 1.83. The number of carboxylic acids is 1. The van der Waals surface area contributed by atoms with Crippen LogP contribution in [-0.4, -0.2) is 26.4 Å². The molecular formula is C15H16N2O3S. The van der Waals surface area contributed by atoms with Crippen molar-refractivity contribution >= 4 is 17.7 Å². The number of benzene rings is 1. The molecule has 1 aromatic carbocycles. The van der Waals surface area contributed by atoms with Crippen LogP contribution in [0, 0.1) is 0 Å². The van der Waals surface area contributed by atoms with Crippen molar-refractivity contribution in [1.82, 2.24) is 9.55 Å². The molecule has 0 amide bonds. The highest BCUT2D eigenvalue weighted by molar-refractivity contribution is 7.99. The minimum absolute atomic E-state index is 0.115. The topological polar surface area (TPSA) is 72.2 Å². The van der Waals surface area contributed by atoms with E-state index >= 15 is 0 Å². The zero-order chi connectivity index (χ0) is 15.2. The van der Waals surface area contributed by atoms with Crippen LogP contribution in [0.5, 0.6) is 0 Å². The standard InChI is InChI=1S/C15H16N2O3S/c1-11(12-5-3-2-4-6-12)9-17-8-7-13(18)16-15(17)21-10-14(19)20/h2-8,11H,9-10H2,1H3,(H,19,20). The van der Waals surface area contributed by atoms with Crippen LogP contribution >= 0.6 is 11.8 Å². The average Bonchev–Trinajstić information content (AvgIpc) is 2.48. The first-order valence-electron chi connectivity index (χ1n) is 6.53. The molecule has 6 heteroatoms. The molecule has 1 unspecified atom stereocenters. The van der Waals surface area contributed by atoms with Crippen molar-refractivity contribution in [2.24, 2.45) is 0 Å². The third-order valence-electron chi connectivity index (χ3n) is 3.01. The van der Waals surface area contributed by atoms with Gasteiger partial charge in [0.05, 0.1) is 5.75 Å². The highest BCUT2D eigenvalue weighted by Crippen LogP contribution is 2.20. The molecule has 5 nitrogen and oxygen atoms in total. The van der Waals surface area contributed by atoms with E-state index in [9.17, 15) is 9.59 Å². The molecule has 2 aromatic rings. The van der Waals surface area contributed by atoms with Gasteiger partial charge in [-0.05, 0) is 11.5 Å². The first-order chi connectivity index (χ1) is 10.1. The van der Waals surface area contributed by atoms with Gasteiger partial charge in [0.2, 0.25) is 0 Å². The van der Waals surface area contributed by atoms with Crippen LogP contribution in [-0.2, 0) is 11.3 Å². The number of thioether (sulfide) groups is 1. The Kier molecular flexibility index (Phi) is 5.16. The summed E-state index contributed by atoms with van der Waals surface area (Å²) in [5, 5.41) is 9.20. The van der Waals surface area contributed by atoms with Crippen molar-refractivity contribution in [2.75, 3.05) is 5.75 Å². The number of aliphatic carboxylic acids is 1. The predicted molar refractivity (Wildman–Crippen MR) is 81.7 cm³/mol. The number of aromatic nitrogens is 2. The first kappa shape index (κ1) is 15.3. The van der Waals surface area contributed by atoms with Gasteiger partial charge in [0, 0.05) is 18.8 Å². The maximum Gasteiger partial charge on any atom is 0.313 e. The van der Waals surface area contributed by atoms with E-state index in [1.54, 1.807) is 6.20 Å². The maximum absolute atomic E-state index is 11.4. The van der Waals surface area contributed by atoms with Gasteiger partial charge in [-0.2, -0.15) is 4.98 Å². The Balaban J connectivity index is 2.19. The van der Waals surface area contributed by atoms with Crippen LogP contribution in [0.3, 0.4) is 0 Å². The second-order valence-corrected chi connectivity index (χ2v) is 5.64. The van der Waals surface area contributed by atoms with E-state index in [2.05, 4.69) is 11.9 Å². The number of nitrogens with zero attached hydrogens (tertiary/aromatic N) is 2. The SMILES string of the molecule is CC(Cn1ccc(=O)nc1SCC(=O)O)c1ccccc1. The summed E-state index contributed by atoms with van der Waals surface area (Å²) in [6, 6.07) is 11.4. The zero-order valence-electron chi connectivity index (χ0n) is 11.6. The summed E-state index contributed by atoms with van der Waals surface area (Å²) in [5.41, 5.74) is 0.830. The Hall–Kier alpha value is -2.08.